The molecule has 0 atom stereocenters. The van der Waals surface area contributed by atoms with Crippen molar-refractivity contribution >= 4 is 28.7 Å². The third-order valence-corrected chi connectivity index (χ3v) is 4.08. The molecule has 0 aliphatic rings. The number of nitrogens with zero attached hydrogens (tertiary/aromatic N) is 1. The van der Waals surface area contributed by atoms with Crippen molar-refractivity contribution in [3.63, 3.8) is 0 Å². The van der Waals surface area contributed by atoms with E-state index >= 15 is 0 Å². The first-order chi connectivity index (χ1) is 9.72. The lowest BCUT2D eigenvalue weighted by atomic mass is 10.3. The number of carbonyl (C=O) groups is 1. The number of rotatable bonds is 7. The second-order valence-corrected chi connectivity index (χ2v) is 5.61. The van der Waals surface area contributed by atoms with Gasteiger partial charge < -0.3 is 10.3 Å². The number of aromatic amines is 1. The van der Waals surface area contributed by atoms with Crippen LogP contribution in [0.4, 0.5) is 0 Å². The predicted molar refractivity (Wildman–Crippen MR) is 83.2 cm³/mol. The summed E-state index contributed by atoms with van der Waals surface area (Å²) < 4.78 is 1.65. The maximum Gasteiger partial charge on any atom is 0.326 e. The van der Waals surface area contributed by atoms with Crippen molar-refractivity contribution in [2.75, 3.05) is 18.1 Å². The lowest BCUT2D eigenvalue weighted by molar-refractivity contribution is -0.118. The summed E-state index contributed by atoms with van der Waals surface area (Å²) in [6.07, 6.45) is 1.07. The first-order valence-electron chi connectivity index (χ1n) is 6.74. The van der Waals surface area contributed by atoms with Crippen LogP contribution < -0.4 is 11.0 Å². The maximum atomic E-state index is 11.8. The summed E-state index contributed by atoms with van der Waals surface area (Å²) in [7, 11) is 0. The second-order valence-electron chi connectivity index (χ2n) is 4.50. The van der Waals surface area contributed by atoms with E-state index in [9.17, 15) is 9.59 Å². The first-order valence-corrected chi connectivity index (χ1v) is 7.90. The summed E-state index contributed by atoms with van der Waals surface area (Å²) in [5, 5.41) is 2.84. The molecule has 0 saturated heterocycles. The quantitative estimate of drug-likeness (QED) is 0.762. The number of fused-ring (bicyclic) bond motifs is 1. The molecule has 20 heavy (non-hydrogen) atoms. The Bertz CT molecular complexity index is 633. The largest absolute Gasteiger partial charge is 0.354 e. The molecule has 0 radical (unpaired) electrons. The standard InChI is InChI=1S/C14H19N3O2S/c1-2-9-20-10-13(18)15-7-8-17-12-6-4-3-5-11(12)16-14(17)19/h3-6H,2,7-10H2,1H3,(H,15,18)(H,16,19). The third kappa shape index (κ3) is 3.66. The van der Waals surface area contributed by atoms with E-state index in [1.54, 1.807) is 16.3 Å². The van der Waals surface area contributed by atoms with Crippen molar-refractivity contribution in [3.05, 3.63) is 34.7 Å². The van der Waals surface area contributed by atoms with Gasteiger partial charge in [-0.25, -0.2) is 4.79 Å². The third-order valence-electron chi connectivity index (χ3n) is 2.92. The number of H-pyrrole nitrogens is 1. The van der Waals surface area contributed by atoms with Gasteiger partial charge in [0.2, 0.25) is 5.91 Å². The molecule has 1 heterocycles. The number of benzene rings is 1. The molecule has 2 aromatic rings. The maximum absolute atomic E-state index is 11.8. The highest BCUT2D eigenvalue weighted by molar-refractivity contribution is 7.99. The van der Waals surface area contributed by atoms with E-state index in [-0.39, 0.29) is 11.6 Å². The molecule has 0 fully saturated rings. The number of para-hydroxylation sites is 2. The molecule has 1 aromatic carbocycles. The van der Waals surface area contributed by atoms with E-state index < -0.39 is 0 Å². The number of hydrogen-bond donors (Lipinski definition) is 2. The Balaban J connectivity index is 1.88. The summed E-state index contributed by atoms with van der Waals surface area (Å²) in [4.78, 5) is 26.2. The topological polar surface area (TPSA) is 66.9 Å². The van der Waals surface area contributed by atoms with Gasteiger partial charge in [0.15, 0.2) is 0 Å². The number of thioether (sulfide) groups is 1. The zero-order chi connectivity index (χ0) is 14.4. The fourth-order valence-corrected chi connectivity index (χ4v) is 2.72. The van der Waals surface area contributed by atoms with Crippen molar-refractivity contribution in [3.8, 4) is 0 Å². The Morgan fingerprint density at radius 3 is 3.00 bits per heavy atom. The summed E-state index contributed by atoms with van der Waals surface area (Å²) in [6, 6.07) is 7.54. The monoisotopic (exact) mass is 293 g/mol. The van der Waals surface area contributed by atoms with Crippen LogP contribution in [0.2, 0.25) is 0 Å². The molecule has 2 N–H and O–H groups in total. The lowest BCUT2D eigenvalue weighted by Crippen LogP contribution is -2.31. The summed E-state index contributed by atoms with van der Waals surface area (Å²) in [6.45, 7) is 3.04. The van der Waals surface area contributed by atoms with Crippen LogP contribution in [-0.2, 0) is 11.3 Å². The van der Waals surface area contributed by atoms with Gasteiger partial charge in [-0.15, -0.1) is 0 Å². The van der Waals surface area contributed by atoms with Crippen molar-refractivity contribution in [1.82, 2.24) is 14.9 Å². The normalized spacial score (nSPS) is 10.8. The number of imidazole rings is 1. The fourth-order valence-electron chi connectivity index (χ4n) is 2.00. The summed E-state index contributed by atoms with van der Waals surface area (Å²) in [5.41, 5.74) is 1.55. The van der Waals surface area contributed by atoms with Crippen molar-refractivity contribution < 1.29 is 4.79 Å². The SMILES string of the molecule is CCCSCC(=O)NCCn1c(=O)[nH]c2ccccc21. The van der Waals surface area contributed by atoms with Gasteiger partial charge in [0, 0.05) is 13.1 Å². The number of aromatic nitrogens is 2. The minimum absolute atomic E-state index is 0.0244. The van der Waals surface area contributed by atoms with Gasteiger partial charge in [-0.1, -0.05) is 19.1 Å². The van der Waals surface area contributed by atoms with Crippen molar-refractivity contribution in [1.29, 1.82) is 0 Å². The second kappa shape index (κ2) is 7.19. The van der Waals surface area contributed by atoms with Gasteiger partial charge in [0.25, 0.3) is 0 Å². The van der Waals surface area contributed by atoms with Crippen LogP contribution >= 0.6 is 11.8 Å². The van der Waals surface area contributed by atoms with Gasteiger partial charge in [-0.05, 0) is 24.3 Å². The Kier molecular flexibility index (Phi) is 5.29. The molecule has 6 heteroatoms. The Labute approximate surface area is 121 Å². The van der Waals surface area contributed by atoms with Crippen LogP contribution in [0.15, 0.2) is 29.1 Å². The molecule has 0 unspecified atom stereocenters. The zero-order valence-corrected chi connectivity index (χ0v) is 12.3. The van der Waals surface area contributed by atoms with E-state index in [4.69, 9.17) is 0 Å². The van der Waals surface area contributed by atoms with Crippen LogP contribution in [0.25, 0.3) is 11.0 Å². The highest BCUT2D eigenvalue weighted by Crippen LogP contribution is 2.08. The average Bonchev–Trinajstić information content (AvgIpc) is 2.75. The smallest absolute Gasteiger partial charge is 0.326 e. The lowest BCUT2D eigenvalue weighted by Gasteiger charge is -2.06. The molecule has 5 nitrogen and oxygen atoms in total. The van der Waals surface area contributed by atoms with Crippen LogP contribution in [0.1, 0.15) is 13.3 Å². The van der Waals surface area contributed by atoms with Gasteiger partial charge >= 0.3 is 5.69 Å². The Hall–Kier alpha value is -1.69. The van der Waals surface area contributed by atoms with Crippen LogP contribution in [-0.4, -0.2) is 33.5 Å². The molecule has 0 aliphatic heterocycles. The van der Waals surface area contributed by atoms with E-state index in [0.717, 1.165) is 23.2 Å². The molecule has 108 valence electrons. The average molecular weight is 293 g/mol. The molecular weight excluding hydrogens is 274 g/mol. The van der Waals surface area contributed by atoms with Crippen molar-refractivity contribution in [2.24, 2.45) is 0 Å². The van der Waals surface area contributed by atoms with Crippen LogP contribution in [0.3, 0.4) is 0 Å². The predicted octanol–water partition coefficient (Wildman–Crippen LogP) is 1.59. The Morgan fingerprint density at radius 1 is 1.40 bits per heavy atom. The zero-order valence-electron chi connectivity index (χ0n) is 11.5. The van der Waals surface area contributed by atoms with Crippen LogP contribution in [0.5, 0.6) is 0 Å². The minimum atomic E-state index is -0.138. The van der Waals surface area contributed by atoms with Crippen molar-refractivity contribution in [2.45, 2.75) is 19.9 Å². The highest BCUT2D eigenvalue weighted by atomic mass is 32.2. The summed E-state index contributed by atoms with van der Waals surface area (Å²) >= 11 is 1.63. The van der Waals surface area contributed by atoms with Gasteiger partial charge in [0.1, 0.15) is 0 Å². The highest BCUT2D eigenvalue weighted by Gasteiger charge is 2.06. The molecule has 0 saturated carbocycles. The molecule has 1 aromatic heterocycles. The van der Waals surface area contributed by atoms with Gasteiger partial charge in [-0.3, -0.25) is 9.36 Å². The molecule has 1 amide bonds. The van der Waals surface area contributed by atoms with Gasteiger partial charge in [-0.2, -0.15) is 11.8 Å². The van der Waals surface area contributed by atoms with Gasteiger partial charge in [0.05, 0.1) is 16.8 Å². The fraction of sp³-hybridized carbons (Fsp3) is 0.429. The number of nitrogens with one attached hydrogen (secondary N) is 2. The number of amides is 1. The Morgan fingerprint density at radius 2 is 2.20 bits per heavy atom. The van der Waals surface area contributed by atoms with Crippen LogP contribution in [0, 0.1) is 0 Å². The summed E-state index contributed by atoms with van der Waals surface area (Å²) in [5.74, 6) is 1.50. The van der Waals surface area contributed by atoms with E-state index in [0.29, 0.717) is 18.8 Å². The number of hydrogen-bond acceptors (Lipinski definition) is 3. The van der Waals surface area contributed by atoms with E-state index in [1.807, 2.05) is 24.3 Å². The van der Waals surface area contributed by atoms with E-state index in [2.05, 4.69) is 17.2 Å². The van der Waals surface area contributed by atoms with E-state index in [1.165, 1.54) is 0 Å². The molecule has 2 rings (SSSR count). The molecular formula is C14H19N3O2S. The molecule has 0 bridgehead atoms. The minimum Gasteiger partial charge on any atom is -0.354 e. The molecule has 0 spiro atoms. The first kappa shape index (κ1) is 14.7. The number of carbonyl (C=O) groups excluding carboxylic acids is 1. The molecule has 0 aliphatic carbocycles.